The smallest absolute Gasteiger partial charge is 0.145 e. The summed E-state index contributed by atoms with van der Waals surface area (Å²) in [7, 11) is 0. The zero-order valence-electron chi connectivity index (χ0n) is 11.3. The summed E-state index contributed by atoms with van der Waals surface area (Å²) in [6, 6.07) is 2.08. The summed E-state index contributed by atoms with van der Waals surface area (Å²) in [5.41, 5.74) is 2.78. The minimum absolute atomic E-state index is 0.167. The SMILES string of the molecule is Fc1cnc2[nH]c(C3COC3)cc2c1C1CCNCC1. The lowest BCUT2D eigenvalue weighted by atomic mass is 9.88. The molecule has 0 aliphatic carbocycles. The molecular weight excluding hydrogens is 257 g/mol. The molecule has 0 unspecified atom stereocenters. The zero-order chi connectivity index (χ0) is 13.5. The molecule has 2 aromatic heterocycles. The average Bonchev–Trinajstić information content (AvgIpc) is 2.80. The highest BCUT2D eigenvalue weighted by molar-refractivity contribution is 5.81. The number of aromatic nitrogens is 2. The summed E-state index contributed by atoms with van der Waals surface area (Å²) in [5, 5.41) is 4.29. The number of nitrogens with zero attached hydrogens (tertiary/aromatic N) is 1. The highest BCUT2D eigenvalue weighted by Crippen LogP contribution is 2.35. The molecule has 2 saturated heterocycles. The molecule has 2 aliphatic heterocycles. The molecule has 4 rings (SSSR count). The van der Waals surface area contributed by atoms with Gasteiger partial charge in [0.1, 0.15) is 11.5 Å². The summed E-state index contributed by atoms with van der Waals surface area (Å²) in [6.07, 6.45) is 3.34. The lowest BCUT2D eigenvalue weighted by molar-refractivity contribution is 0.00700. The van der Waals surface area contributed by atoms with Gasteiger partial charge in [0.05, 0.1) is 19.4 Å². The normalized spacial score (nSPS) is 21.2. The molecule has 4 heterocycles. The van der Waals surface area contributed by atoms with Gasteiger partial charge in [0.25, 0.3) is 0 Å². The summed E-state index contributed by atoms with van der Waals surface area (Å²) < 4.78 is 19.5. The number of nitrogens with one attached hydrogen (secondary N) is 2. The Morgan fingerprint density at radius 2 is 2.00 bits per heavy atom. The molecule has 4 nitrogen and oxygen atoms in total. The fourth-order valence-electron chi connectivity index (χ4n) is 3.25. The van der Waals surface area contributed by atoms with Crippen LogP contribution >= 0.6 is 0 Å². The van der Waals surface area contributed by atoms with Gasteiger partial charge in [0.15, 0.2) is 0 Å². The monoisotopic (exact) mass is 275 g/mol. The fourth-order valence-corrected chi connectivity index (χ4v) is 3.25. The van der Waals surface area contributed by atoms with Gasteiger partial charge >= 0.3 is 0 Å². The maximum Gasteiger partial charge on any atom is 0.145 e. The first-order valence-corrected chi connectivity index (χ1v) is 7.28. The highest BCUT2D eigenvalue weighted by atomic mass is 19.1. The van der Waals surface area contributed by atoms with Crippen LogP contribution in [0, 0.1) is 5.82 Å². The Morgan fingerprint density at radius 1 is 1.20 bits per heavy atom. The summed E-state index contributed by atoms with van der Waals surface area (Å²) in [5.74, 6) is 0.538. The van der Waals surface area contributed by atoms with E-state index in [1.807, 2.05) is 0 Å². The predicted octanol–water partition coefficient (Wildman–Crippen LogP) is 2.28. The van der Waals surface area contributed by atoms with Gasteiger partial charge in [-0.2, -0.15) is 0 Å². The van der Waals surface area contributed by atoms with E-state index < -0.39 is 0 Å². The molecule has 0 amide bonds. The van der Waals surface area contributed by atoms with Crippen LogP contribution in [0.15, 0.2) is 12.3 Å². The average molecular weight is 275 g/mol. The van der Waals surface area contributed by atoms with Crippen molar-refractivity contribution < 1.29 is 9.13 Å². The van der Waals surface area contributed by atoms with Crippen molar-refractivity contribution >= 4 is 11.0 Å². The van der Waals surface area contributed by atoms with Crippen molar-refractivity contribution in [2.45, 2.75) is 24.7 Å². The maximum atomic E-state index is 14.3. The van der Waals surface area contributed by atoms with Crippen LogP contribution in [0.5, 0.6) is 0 Å². The summed E-state index contributed by atoms with van der Waals surface area (Å²) in [4.78, 5) is 7.54. The van der Waals surface area contributed by atoms with Gasteiger partial charge in [-0.05, 0) is 37.9 Å². The van der Waals surface area contributed by atoms with E-state index in [2.05, 4.69) is 21.4 Å². The van der Waals surface area contributed by atoms with Crippen molar-refractivity contribution in [2.24, 2.45) is 0 Å². The van der Waals surface area contributed by atoms with Crippen molar-refractivity contribution in [3.05, 3.63) is 29.3 Å². The van der Waals surface area contributed by atoms with Crippen LogP contribution in [0.2, 0.25) is 0 Å². The molecule has 5 heteroatoms. The van der Waals surface area contributed by atoms with Crippen LogP contribution in [0.25, 0.3) is 11.0 Å². The van der Waals surface area contributed by atoms with Crippen LogP contribution in [-0.4, -0.2) is 36.3 Å². The van der Waals surface area contributed by atoms with Gasteiger partial charge in [-0.15, -0.1) is 0 Å². The largest absolute Gasteiger partial charge is 0.380 e. The van der Waals surface area contributed by atoms with Crippen molar-refractivity contribution in [1.82, 2.24) is 15.3 Å². The number of H-pyrrole nitrogens is 1. The first-order valence-electron chi connectivity index (χ1n) is 7.28. The number of rotatable bonds is 2. The topological polar surface area (TPSA) is 49.9 Å². The number of aromatic amines is 1. The van der Waals surface area contributed by atoms with Gasteiger partial charge in [0, 0.05) is 22.6 Å². The number of hydrogen-bond acceptors (Lipinski definition) is 3. The Hall–Kier alpha value is -1.46. The number of fused-ring (bicyclic) bond motifs is 1. The molecule has 0 saturated carbocycles. The lowest BCUT2D eigenvalue weighted by Gasteiger charge is -2.24. The molecule has 2 aromatic rings. The van der Waals surface area contributed by atoms with E-state index in [4.69, 9.17) is 4.74 Å². The number of halogens is 1. The van der Waals surface area contributed by atoms with Crippen molar-refractivity contribution in [3.8, 4) is 0 Å². The van der Waals surface area contributed by atoms with Crippen LogP contribution in [0.3, 0.4) is 0 Å². The van der Waals surface area contributed by atoms with E-state index in [1.165, 1.54) is 6.20 Å². The fraction of sp³-hybridized carbons (Fsp3) is 0.533. The Morgan fingerprint density at radius 3 is 2.70 bits per heavy atom. The van der Waals surface area contributed by atoms with Crippen molar-refractivity contribution in [1.29, 1.82) is 0 Å². The highest BCUT2D eigenvalue weighted by Gasteiger charge is 2.26. The Kier molecular flexibility index (Phi) is 2.97. The second-order valence-electron chi connectivity index (χ2n) is 5.77. The first-order chi connectivity index (χ1) is 9.83. The lowest BCUT2D eigenvalue weighted by Crippen LogP contribution is -2.27. The van der Waals surface area contributed by atoms with Crippen molar-refractivity contribution in [3.63, 3.8) is 0 Å². The third-order valence-electron chi connectivity index (χ3n) is 4.50. The van der Waals surface area contributed by atoms with E-state index in [9.17, 15) is 4.39 Å². The Balaban J connectivity index is 1.80. The minimum atomic E-state index is -0.167. The molecule has 2 aliphatic rings. The van der Waals surface area contributed by atoms with Crippen LogP contribution < -0.4 is 5.32 Å². The van der Waals surface area contributed by atoms with Crippen LogP contribution in [-0.2, 0) is 4.74 Å². The molecule has 0 bridgehead atoms. The Bertz CT molecular complexity index is 629. The quantitative estimate of drug-likeness (QED) is 0.884. The van der Waals surface area contributed by atoms with Gasteiger partial charge < -0.3 is 15.0 Å². The van der Waals surface area contributed by atoms with Gasteiger partial charge in [-0.25, -0.2) is 9.37 Å². The Labute approximate surface area is 116 Å². The van der Waals surface area contributed by atoms with Gasteiger partial charge in [-0.1, -0.05) is 0 Å². The molecule has 0 spiro atoms. The molecule has 2 N–H and O–H groups in total. The van der Waals surface area contributed by atoms with E-state index in [1.54, 1.807) is 0 Å². The third-order valence-corrected chi connectivity index (χ3v) is 4.50. The maximum absolute atomic E-state index is 14.3. The van der Waals surface area contributed by atoms with E-state index in [0.717, 1.165) is 61.4 Å². The summed E-state index contributed by atoms with van der Waals surface area (Å²) in [6.45, 7) is 3.42. The zero-order valence-corrected chi connectivity index (χ0v) is 11.3. The van der Waals surface area contributed by atoms with E-state index >= 15 is 0 Å². The van der Waals surface area contributed by atoms with E-state index in [0.29, 0.717) is 11.8 Å². The number of piperidine rings is 1. The third kappa shape index (κ3) is 1.93. The van der Waals surface area contributed by atoms with Gasteiger partial charge in [0.2, 0.25) is 0 Å². The van der Waals surface area contributed by atoms with Crippen LogP contribution in [0.4, 0.5) is 4.39 Å². The number of ether oxygens (including phenoxy) is 1. The van der Waals surface area contributed by atoms with Crippen molar-refractivity contribution in [2.75, 3.05) is 26.3 Å². The minimum Gasteiger partial charge on any atom is -0.380 e. The summed E-state index contributed by atoms with van der Waals surface area (Å²) >= 11 is 0. The number of hydrogen-bond donors (Lipinski definition) is 2. The van der Waals surface area contributed by atoms with Crippen LogP contribution in [0.1, 0.15) is 35.9 Å². The molecule has 106 valence electrons. The van der Waals surface area contributed by atoms with E-state index in [-0.39, 0.29) is 5.82 Å². The second kappa shape index (κ2) is 4.82. The molecule has 20 heavy (non-hydrogen) atoms. The molecule has 0 aromatic carbocycles. The first kappa shape index (κ1) is 12.3. The molecule has 0 radical (unpaired) electrons. The predicted molar refractivity (Wildman–Crippen MR) is 74.5 cm³/mol. The van der Waals surface area contributed by atoms with Gasteiger partial charge in [-0.3, -0.25) is 0 Å². The molecular formula is C15H18FN3O. The standard InChI is InChI=1S/C15H18FN3O/c16-12-6-18-15-11(5-13(19-15)10-7-20-8-10)14(12)9-1-3-17-4-2-9/h5-6,9-10,17H,1-4,7-8H2,(H,18,19). The molecule has 0 atom stereocenters. The number of pyridine rings is 1. The molecule has 2 fully saturated rings. The second-order valence-corrected chi connectivity index (χ2v) is 5.77.